The summed E-state index contributed by atoms with van der Waals surface area (Å²) in [6.07, 6.45) is 3.41. The lowest BCUT2D eigenvalue weighted by molar-refractivity contribution is -0.362. The van der Waals surface area contributed by atoms with E-state index >= 15 is 0 Å². The highest BCUT2D eigenvalue weighted by Crippen LogP contribution is 2.33. The SMILES string of the molecule is C=CC1CCC(OC)(OCc2ccccc2)O1. The van der Waals surface area contributed by atoms with Crippen LogP contribution in [0.5, 0.6) is 0 Å². The van der Waals surface area contributed by atoms with E-state index in [1.165, 1.54) is 0 Å². The van der Waals surface area contributed by atoms with Gasteiger partial charge in [-0.3, -0.25) is 0 Å². The summed E-state index contributed by atoms with van der Waals surface area (Å²) in [5.74, 6) is -0.908. The summed E-state index contributed by atoms with van der Waals surface area (Å²) >= 11 is 0. The van der Waals surface area contributed by atoms with Gasteiger partial charge in [0.15, 0.2) is 0 Å². The predicted octanol–water partition coefficient (Wildman–Crippen LogP) is 2.87. The molecule has 1 heterocycles. The molecule has 1 aromatic rings. The molecule has 1 fully saturated rings. The number of benzene rings is 1. The summed E-state index contributed by atoms with van der Waals surface area (Å²) in [6.45, 7) is 4.21. The molecule has 1 aliphatic heterocycles. The van der Waals surface area contributed by atoms with E-state index in [1.54, 1.807) is 13.2 Å². The van der Waals surface area contributed by atoms with Gasteiger partial charge in [0.1, 0.15) is 0 Å². The van der Waals surface area contributed by atoms with Gasteiger partial charge in [-0.05, 0) is 12.0 Å². The quantitative estimate of drug-likeness (QED) is 0.579. The molecule has 2 unspecified atom stereocenters. The Morgan fingerprint density at radius 1 is 1.47 bits per heavy atom. The molecule has 0 N–H and O–H groups in total. The summed E-state index contributed by atoms with van der Waals surface area (Å²) in [7, 11) is 1.61. The zero-order valence-corrected chi connectivity index (χ0v) is 10.1. The van der Waals surface area contributed by atoms with Crippen LogP contribution in [0.15, 0.2) is 43.0 Å². The predicted molar refractivity (Wildman–Crippen MR) is 65.3 cm³/mol. The third-order valence-electron chi connectivity index (χ3n) is 2.94. The highest BCUT2D eigenvalue weighted by molar-refractivity contribution is 5.13. The first-order valence-electron chi connectivity index (χ1n) is 5.81. The lowest BCUT2D eigenvalue weighted by Crippen LogP contribution is -2.34. The van der Waals surface area contributed by atoms with Crippen LogP contribution in [0.3, 0.4) is 0 Å². The smallest absolute Gasteiger partial charge is 0.283 e. The summed E-state index contributed by atoms with van der Waals surface area (Å²) in [6, 6.07) is 9.99. The summed E-state index contributed by atoms with van der Waals surface area (Å²) in [5.41, 5.74) is 1.11. The van der Waals surface area contributed by atoms with Crippen molar-refractivity contribution < 1.29 is 14.2 Å². The number of rotatable bonds is 5. The van der Waals surface area contributed by atoms with Gasteiger partial charge in [-0.15, -0.1) is 6.58 Å². The standard InChI is InChI=1S/C14H18O3/c1-3-13-9-10-14(15-2,17-13)16-11-12-7-5-4-6-8-12/h3-8,13H,1,9-11H2,2H3. The van der Waals surface area contributed by atoms with Gasteiger partial charge in [0.05, 0.1) is 12.7 Å². The lowest BCUT2D eigenvalue weighted by Gasteiger charge is -2.27. The fraction of sp³-hybridized carbons (Fsp3) is 0.429. The van der Waals surface area contributed by atoms with Crippen LogP contribution < -0.4 is 0 Å². The van der Waals surface area contributed by atoms with Gasteiger partial charge in [-0.2, -0.15) is 0 Å². The molecule has 1 aliphatic rings. The fourth-order valence-electron chi connectivity index (χ4n) is 1.92. The molecular weight excluding hydrogens is 216 g/mol. The summed E-state index contributed by atoms with van der Waals surface area (Å²) in [4.78, 5) is 0. The molecule has 0 aromatic heterocycles. The van der Waals surface area contributed by atoms with Crippen LogP contribution in [0.1, 0.15) is 18.4 Å². The van der Waals surface area contributed by atoms with Crippen molar-refractivity contribution in [2.24, 2.45) is 0 Å². The normalized spacial score (nSPS) is 28.2. The van der Waals surface area contributed by atoms with E-state index in [1.807, 2.05) is 30.3 Å². The molecule has 3 heteroatoms. The number of hydrogen-bond donors (Lipinski definition) is 0. The van der Waals surface area contributed by atoms with Crippen molar-refractivity contribution in [2.75, 3.05) is 7.11 Å². The van der Waals surface area contributed by atoms with Gasteiger partial charge in [-0.1, -0.05) is 36.4 Å². The zero-order chi connectivity index (χ0) is 12.1. The van der Waals surface area contributed by atoms with Crippen LogP contribution in [0.2, 0.25) is 0 Å². The van der Waals surface area contributed by atoms with Crippen molar-refractivity contribution in [2.45, 2.75) is 31.5 Å². The van der Waals surface area contributed by atoms with Crippen molar-refractivity contribution >= 4 is 0 Å². The Hall–Kier alpha value is -1.16. The molecule has 17 heavy (non-hydrogen) atoms. The Balaban J connectivity index is 1.94. The van der Waals surface area contributed by atoms with Gasteiger partial charge in [0, 0.05) is 13.5 Å². The second kappa shape index (κ2) is 5.45. The van der Waals surface area contributed by atoms with E-state index in [4.69, 9.17) is 14.2 Å². The topological polar surface area (TPSA) is 27.7 Å². The first-order valence-corrected chi connectivity index (χ1v) is 5.81. The van der Waals surface area contributed by atoms with Crippen molar-refractivity contribution in [1.82, 2.24) is 0 Å². The van der Waals surface area contributed by atoms with Crippen LogP contribution in [0.25, 0.3) is 0 Å². The monoisotopic (exact) mass is 234 g/mol. The van der Waals surface area contributed by atoms with Crippen molar-refractivity contribution in [1.29, 1.82) is 0 Å². The molecule has 0 saturated carbocycles. The van der Waals surface area contributed by atoms with Gasteiger partial charge in [0.2, 0.25) is 0 Å². The second-order valence-electron chi connectivity index (χ2n) is 4.09. The highest BCUT2D eigenvalue weighted by Gasteiger charge is 2.40. The maximum Gasteiger partial charge on any atom is 0.283 e. The van der Waals surface area contributed by atoms with Crippen molar-refractivity contribution in [3.63, 3.8) is 0 Å². The van der Waals surface area contributed by atoms with Crippen molar-refractivity contribution in [3.8, 4) is 0 Å². The summed E-state index contributed by atoms with van der Waals surface area (Å²) in [5, 5.41) is 0. The molecule has 0 amide bonds. The molecule has 2 atom stereocenters. The van der Waals surface area contributed by atoms with E-state index in [9.17, 15) is 0 Å². The average molecular weight is 234 g/mol. The summed E-state index contributed by atoms with van der Waals surface area (Å²) < 4.78 is 16.8. The van der Waals surface area contributed by atoms with Crippen LogP contribution in [-0.2, 0) is 20.8 Å². The van der Waals surface area contributed by atoms with E-state index in [0.717, 1.165) is 18.4 Å². The Kier molecular flexibility index (Phi) is 3.94. The molecular formula is C14H18O3. The van der Waals surface area contributed by atoms with E-state index < -0.39 is 5.97 Å². The number of methoxy groups -OCH3 is 1. The molecule has 0 aliphatic carbocycles. The van der Waals surface area contributed by atoms with Crippen molar-refractivity contribution in [3.05, 3.63) is 48.6 Å². The van der Waals surface area contributed by atoms with Gasteiger partial charge in [-0.25, -0.2) is 0 Å². The minimum Gasteiger partial charge on any atom is -0.331 e. The largest absolute Gasteiger partial charge is 0.331 e. The number of hydrogen-bond acceptors (Lipinski definition) is 3. The zero-order valence-electron chi connectivity index (χ0n) is 10.1. The maximum absolute atomic E-state index is 5.77. The minimum absolute atomic E-state index is 0.0192. The lowest BCUT2D eigenvalue weighted by atomic mass is 10.2. The van der Waals surface area contributed by atoms with Crippen LogP contribution >= 0.6 is 0 Å². The Bertz CT molecular complexity index is 363. The van der Waals surface area contributed by atoms with E-state index in [2.05, 4.69) is 6.58 Å². The molecule has 0 bridgehead atoms. The first kappa shape index (κ1) is 12.3. The van der Waals surface area contributed by atoms with Crippen LogP contribution in [0.4, 0.5) is 0 Å². The highest BCUT2D eigenvalue weighted by atomic mass is 16.9. The second-order valence-corrected chi connectivity index (χ2v) is 4.09. The van der Waals surface area contributed by atoms with Gasteiger partial charge < -0.3 is 14.2 Å². The molecule has 3 nitrogen and oxygen atoms in total. The molecule has 92 valence electrons. The third kappa shape index (κ3) is 2.94. The van der Waals surface area contributed by atoms with Crippen LogP contribution in [0, 0.1) is 0 Å². The van der Waals surface area contributed by atoms with Gasteiger partial charge >= 0.3 is 0 Å². The number of ether oxygens (including phenoxy) is 3. The fourth-order valence-corrected chi connectivity index (χ4v) is 1.92. The van der Waals surface area contributed by atoms with Crippen LogP contribution in [-0.4, -0.2) is 19.2 Å². The Morgan fingerprint density at radius 2 is 2.24 bits per heavy atom. The van der Waals surface area contributed by atoms with Gasteiger partial charge in [0.25, 0.3) is 5.97 Å². The Labute approximate surface area is 102 Å². The van der Waals surface area contributed by atoms with E-state index in [0.29, 0.717) is 6.61 Å². The third-order valence-corrected chi connectivity index (χ3v) is 2.94. The average Bonchev–Trinajstić information content (AvgIpc) is 2.82. The molecule has 0 spiro atoms. The van der Waals surface area contributed by atoms with E-state index in [-0.39, 0.29) is 6.10 Å². The minimum atomic E-state index is -0.908. The first-order chi connectivity index (χ1) is 8.28. The molecule has 2 rings (SSSR count). The Morgan fingerprint density at radius 3 is 2.82 bits per heavy atom. The maximum atomic E-state index is 5.77. The molecule has 1 aromatic carbocycles. The molecule has 0 radical (unpaired) electrons. The molecule has 1 saturated heterocycles.